The lowest BCUT2D eigenvalue weighted by Gasteiger charge is -2.18. The minimum absolute atomic E-state index is 0.00252. The zero-order valence-corrected chi connectivity index (χ0v) is 33.7. The van der Waals surface area contributed by atoms with Gasteiger partial charge in [0.25, 0.3) is 30.1 Å². The van der Waals surface area contributed by atoms with Gasteiger partial charge in [-0.25, -0.2) is 25.3 Å². The Balaban J connectivity index is 0.000000258. The average molecular weight is 843 g/mol. The first-order chi connectivity index (χ1) is 24.9. The third-order valence-electron chi connectivity index (χ3n) is 8.37. The summed E-state index contributed by atoms with van der Waals surface area (Å²) in [5.74, 6) is 0. The second-order valence-corrected chi connectivity index (χ2v) is 18.1. The summed E-state index contributed by atoms with van der Waals surface area (Å²) in [6.07, 6.45) is -4.59. The Morgan fingerprint density at radius 2 is 0.944 bits per heavy atom. The van der Waals surface area contributed by atoms with E-state index < -0.39 is 46.7 Å². The molecule has 0 aliphatic carbocycles. The number of benzene rings is 5. The van der Waals surface area contributed by atoms with Gasteiger partial charge in [-0.1, -0.05) is 47.5 Å². The molecule has 5 aromatic rings. The van der Waals surface area contributed by atoms with Gasteiger partial charge in [0, 0.05) is 15.7 Å². The number of nitrogens with one attached hydrogen (secondary N) is 3. The molecule has 5 rings (SSSR count). The number of hydrogen-bond donors (Lipinski definition) is 3. The fourth-order valence-electron chi connectivity index (χ4n) is 5.00. The van der Waals surface area contributed by atoms with Crippen molar-refractivity contribution in [2.45, 2.75) is 62.4 Å². The Kier molecular flexibility index (Phi) is 12.7. The van der Waals surface area contributed by atoms with Crippen LogP contribution in [0.2, 0.25) is 10.0 Å². The standard InChI is InChI=1S/C22H22Cl2N2O4S2.C15H14F3NO2S/c1-13-11-19(25-31(27,28)21-9-5-7-17(23)15(21)3)20(12-14(13)2)26-32(29,30)22-10-6-8-18(24)16(22)4;1-10-6-7-13(8-11(10)2)19-22(20,21)14-5-3-4-12(9-14)15(16,17)18/h5-12,25-26H,1-4H3;3-9,19H,1-2H3. The van der Waals surface area contributed by atoms with E-state index in [9.17, 15) is 38.4 Å². The minimum atomic E-state index is -4.59. The zero-order valence-electron chi connectivity index (χ0n) is 29.7. The van der Waals surface area contributed by atoms with Crippen molar-refractivity contribution in [2.24, 2.45) is 0 Å². The highest BCUT2D eigenvalue weighted by Crippen LogP contribution is 2.34. The first-order valence-electron chi connectivity index (χ1n) is 15.9. The van der Waals surface area contributed by atoms with Gasteiger partial charge >= 0.3 is 6.18 Å². The molecule has 0 aromatic heterocycles. The number of aryl methyl sites for hydroxylation is 4. The molecule has 0 heterocycles. The summed E-state index contributed by atoms with van der Waals surface area (Å²) < 4.78 is 122. The van der Waals surface area contributed by atoms with Crippen molar-refractivity contribution in [3.63, 3.8) is 0 Å². The fraction of sp³-hybridized carbons (Fsp3) is 0.189. The predicted octanol–water partition coefficient (Wildman–Crippen LogP) is 9.95. The Morgan fingerprint density at radius 1 is 0.500 bits per heavy atom. The highest BCUT2D eigenvalue weighted by molar-refractivity contribution is 7.93. The maximum absolute atomic E-state index is 13.1. The first-order valence-corrected chi connectivity index (χ1v) is 21.1. The smallest absolute Gasteiger partial charge is 0.280 e. The molecule has 54 heavy (non-hydrogen) atoms. The van der Waals surface area contributed by atoms with Crippen LogP contribution >= 0.6 is 23.2 Å². The Labute approximate surface area is 323 Å². The van der Waals surface area contributed by atoms with E-state index in [1.807, 2.05) is 13.8 Å². The normalized spacial score (nSPS) is 12.1. The predicted molar refractivity (Wildman–Crippen MR) is 208 cm³/mol. The van der Waals surface area contributed by atoms with E-state index in [1.165, 1.54) is 24.3 Å². The topological polar surface area (TPSA) is 139 Å². The lowest BCUT2D eigenvalue weighted by Crippen LogP contribution is -2.19. The van der Waals surface area contributed by atoms with Gasteiger partial charge in [0.2, 0.25) is 0 Å². The van der Waals surface area contributed by atoms with Crippen LogP contribution in [0, 0.1) is 41.5 Å². The Hall–Kier alpha value is -4.28. The van der Waals surface area contributed by atoms with Crippen molar-refractivity contribution in [1.82, 2.24) is 0 Å². The van der Waals surface area contributed by atoms with E-state index in [-0.39, 0.29) is 21.2 Å². The summed E-state index contributed by atoms with van der Waals surface area (Å²) in [4.78, 5) is -0.425. The first kappa shape index (κ1) is 42.5. The lowest BCUT2D eigenvalue weighted by atomic mass is 10.1. The van der Waals surface area contributed by atoms with Crippen LogP contribution in [-0.2, 0) is 36.2 Å². The van der Waals surface area contributed by atoms with Crippen molar-refractivity contribution in [3.05, 3.63) is 140 Å². The molecule has 0 bridgehead atoms. The second kappa shape index (κ2) is 16.2. The van der Waals surface area contributed by atoms with Gasteiger partial charge in [0.05, 0.1) is 31.6 Å². The molecule has 0 unspecified atom stereocenters. The van der Waals surface area contributed by atoms with E-state index in [1.54, 1.807) is 70.2 Å². The molecule has 0 radical (unpaired) electrons. The van der Waals surface area contributed by atoms with Gasteiger partial charge < -0.3 is 0 Å². The van der Waals surface area contributed by atoms with Crippen molar-refractivity contribution >= 4 is 70.3 Å². The molecule has 3 N–H and O–H groups in total. The number of hydrogen-bond acceptors (Lipinski definition) is 6. The van der Waals surface area contributed by atoms with Crippen LogP contribution in [0.1, 0.15) is 38.9 Å². The van der Waals surface area contributed by atoms with Crippen LogP contribution in [0.4, 0.5) is 30.2 Å². The molecule has 0 spiro atoms. The number of rotatable bonds is 9. The van der Waals surface area contributed by atoms with Gasteiger partial charge in [-0.2, -0.15) is 13.2 Å². The Morgan fingerprint density at radius 3 is 1.39 bits per heavy atom. The maximum Gasteiger partial charge on any atom is 0.416 e. The number of halogens is 5. The maximum atomic E-state index is 13.1. The van der Waals surface area contributed by atoms with E-state index in [4.69, 9.17) is 23.2 Å². The highest BCUT2D eigenvalue weighted by atomic mass is 35.5. The fourth-order valence-corrected chi connectivity index (χ4v) is 9.24. The highest BCUT2D eigenvalue weighted by Gasteiger charge is 2.32. The third-order valence-corrected chi connectivity index (χ3v) is 13.6. The van der Waals surface area contributed by atoms with Crippen LogP contribution < -0.4 is 14.2 Å². The van der Waals surface area contributed by atoms with Gasteiger partial charge in [-0.3, -0.25) is 14.2 Å². The third kappa shape index (κ3) is 10.1. The number of sulfonamides is 3. The molecular weight excluding hydrogens is 807 g/mol. The largest absolute Gasteiger partial charge is 0.416 e. The summed E-state index contributed by atoms with van der Waals surface area (Å²) in [6.45, 7) is 10.5. The average Bonchev–Trinajstić information content (AvgIpc) is 3.07. The lowest BCUT2D eigenvalue weighted by molar-refractivity contribution is -0.137. The Bertz CT molecular complexity index is 2460. The van der Waals surface area contributed by atoms with E-state index >= 15 is 0 Å². The van der Waals surface area contributed by atoms with Crippen LogP contribution in [0.5, 0.6) is 0 Å². The van der Waals surface area contributed by atoms with E-state index in [0.29, 0.717) is 32.9 Å². The summed E-state index contributed by atoms with van der Waals surface area (Å²) in [5, 5.41) is 0.621. The van der Waals surface area contributed by atoms with Crippen LogP contribution in [-0.4, -0.2) is 25.3 Å². The summed E-state index contributed by atoms with van der Waals surface area (Å²) in [6, 6.07) is 20.9. The van der Waals surface area contributed by atoms with E-state index in [2.05, 4.69) is 14.2 Å². The van der Waals surface area contributed by atoms with Crippen LogP contribution in [0.25, 0.3) is 0 Å². The molecule has 9 nitrogen and oxygen atoms in total. The van der Waals surface area contributed by atoms with E-state index in [0.717, 1.165) is 40.5 Å². The SMILES string of the molecule is Cc1cc(NS(=O)(=O)c2cccc(Cl)c2C)c(NS(=O)(=O)c2cccc(Cl)c2C)cc1C.Cc1ccc(NS(=O)(=O)c2cccc(C(F)(F)F)c2)cc1C. The van der Waals surface area contributed by atoms with Crippen molar-refractivity contribution in [2.75, 3.05) is 14.2 Å². The molecule has 0 saturated heterocycles. The minimum Gasteiger partial charge on any atom is -0.280 e. The quantitative estimate of drug-likeness (QED) is 0.135. The monoisotopic (exact) mass is 841 g/mol. The molecule has 288 valence electrons. The number of alkyl halides is 3. The summed E-state index contributed by atoms with van der Waals surface area (Å²) in [5.41, 5.74) is 3.71. The molecule has 17 heteroatoms. The molecule has 0 fully saturated rings. The van der Waals surface area contributed by atoms with Crippen molar-refractivity contribution < 1.29 is 38.4 Å². The molecular formula is C37H36Cl2F3N3O6S3. The van der Waals surface area contributed by atoms with Crippen LogP contribution in [0.3, 0.4) is 0 Å². The van der Waals surface area contributed by atoms with Crippen molar-refractivity contribution in [1.29, 1.82) is 0 Å². The molecule has 0 atom stereocenters. The molecule has 0 amide bonds. The van der Waals surface area contributed by atoms with Gasteiger partial charge in [0.15, 0.2) is 0 Å². The second-order valence-electron chi connectivity index (χ2n) is 12.3. The number of anilines is 3. The van der Waals surface area contributed by atoms with Crippen molar-refractivity contribution in [3.8, 4) is 0 Å². The van der Waals surface area contributed by atoms with Gasteiger partial charge in [0.1, 0.15) is 0 Å². The molecule has 0 aliphatic heterocycles. The van der Waals surface area contributed by atoms with Gasteiger partial charge in [-0.15, -0.1) is 0 Å². The molecule has 0 aliphatic rings. The molecule has 5 aromatic carbocycles. The summed E-state index contributed by atoms with van der Waals surface area (Å²) in [7, 11) is -12.2. The zero-order chi connectivity index (χ0) is 40.4. The van der Waals surface area contributed by atoms with Crippen LogP contribution in [0.15, 0.2) is 106 Å². The van der Waals surface area contributed by atoms with Gasteiger partial charge in [-0.05, 0) is 142 Å². The molecule has 0 saturated carbocycles. The summed E-state index contributed by atoms with van der Waals surface area (Å²) >= 11 is 12.2.